The molecule has 3 N–H and O–H groups in total. The normalized spacial score (nSPS) is 17.3. The van der Waals surface area contributed by atoms with Gasteiger partial charge < -0.3 is 19.9 Å². The van der Waals surface area contributed by atoms with Gasteiger partial charge in [0.1, 0.15) is 11.4 Å². The number of hydrogen-bond acceptors (Lipinski definition) is 6. The Labute approximate surface area is 262 Å². The van der Waals surface area contributed by atoms with Crippen LogP contribution in [0.4, 0.5) is 10.5 Å². The number of anilines is 1. The summed E-state index contributed by atoms with van der Waals surface area (Å²) in [5.74, 6) is 0.256. The highest BCUT2D eigenvalue weighted by molar-refractivity contribution is 6.33. The van der Waals surface area contributed by atoms with Gasteiger partial charge in [-0.05, 0) is 75.3 Å². The smallest absolute Gasteiger partial charge is 0.410 e. The summed E-state index contributed by atoms with van der Waals surface area (Å²) in [4.78, 5) is 31.8. The van der Waals surface area contributed by atoms with Crippen molar-refractivity contribution < 1.29 is 14.3 Å². The van der Waals surface area contributed by atoms with Crippen LogP contribution in [0.5, 0.6) is 0 Å². The molecule has 0 aliphatic carbocycles. The number of carbonyl (C=O) groups excluding carboxylic acids is 2. The third-order valence-electron chi connectivity index (χ3n) is 7.73. The van der Waals surface area contributed by atoms with Gasteiger partial charge >= 0.3 is 6.09 Å². The number of primary amides is 1. The maximum Gasteiger partial charge on any atom is 0.410 e. The molecule has 3 aromatic rings. The van der Waals surface area contributed by atoms with E-state index in [9.17, 15) is 9.59 Å². The van der Waals surface area contributed by atoms with Crippen LogP contribution in [0.2, 0.25) is 10.0 Å². The van der Waals surface area contributed by atoms with Crippen molar-refractivity contribution in [3.8, 4) is 0 Å². The predicted octanol–water partition coefficient (Wildman–Crippen LogP) is 6.78. The van der Waals surface area contributed by atoms with Crippen molar-refractivity contribution in [3.05, 3.63) is 87.6 Å². The minimum Gasteiger partial charge on any atom is -0.444 e. The maximum atomic E-state index is 12.8. The van der Waals surface area contributed by atoms with E-state index < -0.39 is 17.6 Å². The maximum absolute atomic E-state index is 12.8. The molecule has 1 saturated heterocycles. The molecule has 0 spiro atoms. The first-order chi connectivity index (χ1) is 20.4. The van der Waals surface area contributed by atoms with Crippen LogP contribution in [0.3, 0.4) is 0 Å². The Bertz CT molecular complexity index is 1540. The molecule has 43 heavy (non-hydrogen) atoms. The molecule has 1 unspecified atom stereocenters. The van der Waals surface area contributed by atoms with Crippen molar-refractivity contribution >= 4 is 46.6 Å². The van der Waals surface area contributed by atoms with Crippen molar-refractivity contribution in [2.45, 2.75) is 70.9 Å². The SMILES string of the molecule is CCc1cn2c(n1)C(C(N)=O)N(Nc1ccc(C3CCN(C(=O)OC(C)(C)C)CC3)cc1Cl)C=C2Cc1ccccc1Cl. The molecule has 5 rings (SSSR count). The van der Waals surface area contributed by atoms with Crippen molar-refractivity contribution in [3.63, 3.8) is 0 Å². The number of ether oxygens (including phenoxy) is 1. The highest BCUT2D eigenvalue weighted by Gasteiger charge is 2.35. The quantitative estimate of drug-likeness (QED) is 0.300. The average Bonchev–Trinajstić information content (AvgIpc) is 3.39. The number of aromatic nitrogens is 2. The summed E-state index contributed by atoms with van der Waals surface area (Å²) in [7, 11) is 0. The number of likely N-dealkylation sites (tertiary alicyclic amines) is 1. The van der Waals surface area contributed by atoms with Gasteiger partial charge in [-0.1, -0.05) is 54.4 Å². The van der Waals surface area contributed by atoms with Gasteiger partial charge in [-0.3, -0.25) is 15.2 Å². The van der Waals surface area contributed by atoms with Crippen molar-refractivity contribution in [1.82, 2.24) is 19.5 Å². The lowest BCUT2D eigenvalue weighted by atomic mass is 9.89. The molecule has 1 fully saturated rings. The molecular weight excluding hydrogens is 587 g/mol. The number of amides is 2. The summed E-state index contributed by atoms with van der Waals surface area (Å²) >= 11 is 13.3. The number of carbonyl (C=O) groups is 2. The number of aryl methyl sites for hydroxylation is 1. The molecule has 9 nitrogen and oxygen atoms in total. The zero-order chi connectivity index (χ0) is 30.9. The van der Waals surface area contributed by atoms with Gasteiger partial charge in [-0.15, -0.1) is 0 Å². The Morgan fingerprint density at radius 3 is 2.44 bits per heavy atom. The Morgan fingerprint density at radius 1 is 1.09 bits per heavy atom. The number of allylic oxidation sites excluding steroid dienone is 1. The predicted molar refractivity (Wildman–Crippen MR) is 170 cm³/mol. The molecule has 2 aliphatic rings. The zero-order valence-corrected chi connectivity index (χ0v) is 26.5. The van der Waals surface area contributed by atoms with Crippen molar-refractivity contribution in [2.75, 3.05) is 18.5 Å². The third-order valence-corrected chi connectivity index (χ3v) is 8.41. The van der Waals surface area contributed by atoms with Crippen LogP contribution < -0.4 is 11.2 Å². The van der Waals surface area contributed by atoms with Gasteiger partial charge in [0.2, 0.25) is 5.91 Å². The molecule has 0 radical (unpaired) electrons. The number of imidazole rings is 1. The molecule has 3 heterocycles. The van der Waals surface area contributed by atoms with E-state index >= 15 is 0 Å². The molecule has 2 aromatic carbocycles. The average molecular weight is 626 g/mol. The van der Waals surface area contributed by atoms with E-state index in [-0.39, 0.29) is 12.0 Å². The monoisotopic (exact) mass is 624 g/mol. The number of hydrogen-bond donors (Lipinski definition) is 2. The summed E-state index contributed by atoms with van der Waals surface area (Å²) in [6.45, 7) is 8.88. The Kier molecular flexibility index (Phi) is 8.94. The fourth-order valence-electron chi connectivity index (χ4n) is 5.53. The Hall–Kier alpha value is -3.69. The highest BCUT2D eigenvalue weighted by atomic mass is 35.5. The molecule has 1 aromatic heterocycles. The number of nitrogens with two attached hydrogens (primary N) is 1. The number of benzene rings is 2. The molecule has 228 valence electrons. The van der Waals surface area contributed by atoms with Crippen LogP contribution in [-0.4, -0.2) is 50.2 Å². The topological polar surface area (TPSA) is 106 Å². The van der Waals surface area contributed by atoms with Crippen LogP contribution in [0.25, 0.3) is 5.70 Å². The number of halogens is 2. The van der Waals surface area contributed by atoms with E-state index in [0.717, 1.165) is 35.4 Å². The molecule has 2 aliphatic heterocycles. The van der Waals surface area contributed by atoms with Gasteiger partial charge in [-0.2, -0.15) is 0 Å². The van der Waals surface area contributed by atoms with Crippen LogP contribution in [-0.2, 0) is 22.4 Å². The lowest BCUT2D eigenvalue weighted by Crippen LogP contribution is -2.42. The molecule has 0 bridgehead atoms. The number of piperidine rings is 1. The molecule has 2 amide bonds. The van der Waals surface area contributed by atoms with E-state index in [1.807, 2.05) is 87.1 Å². The fourth-order valence-corrected chi connectivity index (χ4v) is 5.96. The minimum absolute atomic E-state index is 0.264. The van der Waals surface area contributed by atoms with E-state index in [4.69, 9.17) is 38.7 Å². The largest absolute Gasteiger partial charge is 0.444 e. The zero-order valence-electron chi connectivity index (χ0n) is 24.9. The first-order valence-electron chi connectivity index (χ1n) is 14.6. The van der Waals surface area contributed by atoms with E-state index in [1.165, 1.54) is 0 Å². The highest BCUT2D eigenvalue weighted by Crippen LogP contribution is 2.36. The second-order valence-corrected chi connectivity index (χ2v) is 12.8. The lowest BCUT2D eigenvalue weighted by molar-refractivity contribution is -0.122. The minimum atomic E-state index is -0.858. The summed E-state index contributed by atoms with van der Waals surface area (Å²) < 4.78 is 7.46. The number of rotatable bonds is 7. The summed E-state index contributed by atoms with van der Waals surface area (Å²) in [6, 6.07) is 12.7. The van der Waals surface area contributed by atoms with Gasteiger partial charge in [-0.25, -0.2) is 9.78 Å². The molecule has 1 atom stereocenters. The van der Waals surface area contributed by atoms with Crippen LogP contribution >= 0.6 is 23.2 Å². The first-order valence-corrected chi connectivity index (χ1v) is 15.3. The van der Waals surface area contributed by atoms with Gasteiger partial charge in [0.15, 0.2) is 6.04 Å². The first kappa shape index (κ1) is 30.8. The second-order valence-electron chi connectivity index (χ2n) is 12.0. The third kappa shape index (κ3) is 6.94. The van der Waals surface area contributed by atoms with E-state index in [1.54, 1.807) is 9.91 Å². The second kappa shape index (κ2) is 12.5. The number of nitrogens with one attached hydrogen (secondary N) is 1. The molecular formula is C32H38Cl2N6O3. The van der Waals surface area contributed by atoms with Crippen LogP contribution in [0.15, 0.2) is 54.9 Å². The van der Waals surface area contributed by atoms with E-state index in [0.29, 0.717) is 47.5 Å². The summed E-state index contributed by atoms with van der Waals surface area (Å²) in [5, 5.41) is 2.85. The Morgan fingerprint density at radius 2 is 1.81 bits per heavy atom. The number of nitrogens with zero attached hydrogens (tertiary/aromatic N) is 4. The van der Waals surface area contributed by atoms with Crippen LogP contribution in [0.1, 0.15) is 75.1 Å². The lowest BCUT2D eigenvalue weighted by Gasteiger charge is -2.35. The van der Waals surface area contributed by atoms with Gasteiger partial charge in [0.05, 0.1) is 16.4 Å². The fraction of sp³-hybridized carbons (Fsp3) is 0.406. The number of hydrazine groups is 1. The summed E-state index contributed by atoms with van der Waals surface area (Å²) in [5.41, 5.74) is 13.1. The standard InChI is InChI=1S/C32H38Cl2N6O3/c1-5-23-18-39-24(16-22-8-6-7-9-25(22)33)19-40(28(29(35)41)30(39)36-23)37-27-11-10-21(17-26(27)34)20-12-14-38(15-13-20)31(42)43-32(2,3)4/h6-11,17-20,28,37H,5,12-16H2,1-4H3,(H2,35,41). The van der Waals surface area contributed by atoms with E-state index in [2.05, 4.69) is 5.43 Å². The van der Waals surface area contributed by atoms with Crippen LogP contribution in [0, 0.1) is 0 Å². The molecule has 0 saturated carbocycles. The van der Waals surface area contributed by atoms with Gasteiger partial charge in [0, 0.05) is 42.6 Å². The van der Waals surface area contributed by atoms with Gasteiger partial charge in [0.25, 0.3) is 0 Å². The Balaban J connectivity index is 1.36. The molecule has 11 heteroatoms. The van der Waals surface area contributed by atoms with Crippen molar-refractivity contribution in [1.29, 1.82) is 0 Å². The summed E-state index contributed by atoms with van der Waals surface area (Å²) in [6.07, 6.45) is 6.39. The number of fused-ring (bicyclic) bond motifs is 1. The van der Waals surface area contributed by atoms with Crippen molar-refractivity contribution in [2.24, 2.45) is 5.73 Å².